The summed E-state index contributed by atoms with van der Waals surface area (Å²) in [5.74, 6) is -0.446. The second-order valence-electron chi connectivity index (χ2n) is 6.06. The molecule has 0 saturated carbocycles. The Morgan fingerprint density at radius 2 is 1.93 bits per heavy atom. The molecule has 138 valence electrons. The van der Waals surface area contributed by atoms with Gasteiger partial charge in [-0.1, -0.05) is 0 Å². The standard InChI is InChI=1S/C18H12F3N3O3/c19-18(20,21)15-12-7-10-1-2-11(24-3-5-26-6-4-24)8-14(10)27-17(12)23-16(25)13(15)9-22/h1-2,7-8H,3-6H2. The Morgan fingerprint density at radius 1 is 1.19 bits per heavy atom. The molecule has 0 aliphatic carbocycles. The molecule has 4 rings (SSSR count). The van der Waals surface area contributed by atoms with Gasteiger partial charge in [-0.3, -0.25) is 4.79 Å². The smallest absolute Gasteiger partial charge is 0.418 e. The van der Waals surface area contributed by atoms with Gasteiger partial charge in [-0.25, -0.2) is 0 Å². The zero-order valence-corrected chi connectivity index (χ0v) is 13.8. The third-order valence-electron chi connectivity index (χ3n) is 4.44. The fourth-order valence-electron chi connectivity index (χ4n) is 3.18. The van der Waals surface area contributed by atoms with E-state index in [4.69, 9.17) is 14.4 Å². The fraction of sp³-hybridized carbons (Fsp3) is 0.278. The lowest BCUT2D eigenvalue weighted by atomic mass is 10.0. The van der Waals surface area contributed by atoms with E-state index in [1.807, 2.05) is 0 Å². The van der Waals surface area contributed by atoms with Crippen molar-refractivity contribution in [3.63, 3.8) is 0 Å². The first-order valence-corrected chi connectivity index (χ1v) is 8.10. The Balaban J connectivity index is 1.95. The maximum Gasteiger partial charge on any atom is 0.418 e. The molecule has 27 heavy (non-hydrogen) atoms. The van der Waals surface area contributed by atoms with Gasteiger partial charge < -0.3 is 14.1 Å². The summed E-state index contributed by atoms with van der Waals surface area (Å²) in [6.45, 7) is 2.54. The van der Waals surface area contributed by atoms with Crippen LogP contribution in [-0.2, 0) is 10.9 Å². The number of aromatic nitrogens is 1. The Hall–Kier alpha value is -3.12. The molecule has 3 heterocycles. The summed E-state index contributed by atoms with van der Waals surface area (Å²) in [5, 5.41) is 9.39. The van der Waals surface area contributed by atoms with Crippen LogP contribution in [0.3, 0.4) is 0 Å². The van der Waals surface area contributed by atoms with Crippen LogP contribution in [0.25, 0.3) is 22.4 Å². The van der Waals surface area contributed by atoms with Crippen molar-refractivity contribution < 1.29 is 22.3 Å². The lowest BCUT2D eigenvalue weighted by molar-refractivity contribution is -0.137. The van der Waals surface area contributed by atoms with E-state index in [1.165, 1.54) is 12.1 Å². The molecular formula is C18H12F3N3O3. The number of nitrogens with zero attached hydrogens (tertiary/aromatic N) is 3. The Kier molecular flexibility index (Phi) is 4.00. The average Bonchev–Trinajstić information content (AvgIpc) is 2.65. The zero-order valence-electron chi connectivity index (χ0n) is 13.8. The van der Waals surface area contributed by atoms with E-state index in [2.05, 4.69) is 9.88 Å². The Labute approximate surface area is 150 Å². The molecule has 6 nitrogen and oxygen atoms in total. The van der Waals surface area contributed by atoms with Crippen LogP contribution in [0.2, 0.25) is 0 Å². The SMILES string of the molecule is N#Cc1c(C(F)(F)F)c2cc3ccc(N4CCOCC4)cc3oc-2nc1=O. The van der Waals surface area contributed by atoms with Crippen molar-refractivity contribution in [2.75, 3.05) is 31.2 Å². The molecule has 1 aromatic rings. The van der Waals surface area contributed by atoms with Gasteiger partial charge in [0.15, 0.2) is 0 Å². The van der Waals surface area contributed by atoms with Gasteiger partial charge in [0.2, 0.25) is 5.89 Å². The molecule has 1 saturated heterocycles. The molecule has 0 aromatic heterocycles. The van der Waals surface area contributed by atoms with Crippen LogP contribution in [0.15, 0.2) is 33.5 Å². The van der Waals surface area contributed by atoms with Crippen LogP contribution in [0.1, 0.15) is 11.1 Å². The third kappa shape index (κ3) is 2.98. The van der Waals surface area contributed by atoms with Crippen LogP contribution < -0.4 is 10.5 Å². The second-order valence-corrected chi connectivity index (χ2v) is 6.06. The first-order chi connectivity index (χ1) is 12.9. The molecule has 3 aliphatic rings. The van der Waals surface area contributed by atoms with Gasteiger partial charge >= 0.3 is 6.18 Å². The highest BCUT2D eigenvalue weighted by Gasteiger charge is 2.40. The van der Waals surface area contributed by atoms with E-state index < -0.39 is 34.3 Å². The first-order valence-electron chi connectivity index (χ1n) is 8.10. The summed E-state index contributed by atoms with van der Waals surface area (Å²) >= 11 is 0. The van der Waals surface area contributed by atoms with Gasteiger partial charge in [0.05, 0.1) is 24.3 Å². The van der Waals surface area contributed by atoms with Crippen LogP contribution in [-0.4, -0.2) is 31.3 Å². The van der Waals surface area contributed by atoms with Crippen LogP contribution in [0.4, 0.5) is 18.9 Å². The van der Waals surface area contributed by atoms with Crippen molar-refractivity contribution in [1.29, 1.82) is 5.26 Å². The molecule has 0 bridgehead atoms. The average molecular weight is 375 g/mol. The van der Waals surface area contributed by atoms with Crippen molar-refractivity contribution in [3.05, 3.63) is 45.7 Å². The maximum absolute atomic E-state index is 13.5. The van der Waals surface area contributed by atoms with Gasteiger partial charge in [-0.15, -0.1) is 0 Å². The number of ether oxygens (including phenoxy) is 1. The van der Waals surface area contributed by atoms with E-state index in [0.717, 1.165) is 5.69 Å². The van der Waals surface area contributed by atoms with Crippen molar-refractivity contribution in [1.82, 2.24) is 4.98 Å². The van der Waals surface area contributed by atoms with E-state index in [0.29, 0.717) is 37.3 Å². The summed E-state index contributed by atoms with van der Waals surface area (Å²) in [6.07, 6.45) is -4.89. The first kappa shape index (κ1) is 17.3. The minimum atomic E-state index is -4.89. The number of hydrogen-bond donors (Lipinski definition) is 0. The summed E-state index contributed by atoms with van der Waals surface area (Å²) in [5.41, 5.74) is -2.88. The fourth-order valence-corrected chi connectivity index (χ4v) is 3.18. The van der Waals surface area contributed by atoms with Crippen LogP contribution >= 0.6 is 0 Å². The van der Waals surface area contributed by atoms with E-state index >= 15 is 0 Å². The second kappa shape index (κ2) is 6.25. The number of morpholine rings is 1. The lowest BCUT2D eigenvalue weighted by Gasteiger charge is -2.28. The normalized spacial score (nSPS) is 15.3. The molecule has 0 spiro atoms. The largest absolute Gasteiger partial charge is 0.438 e. The molecule has 0 unspecified atom stereocenters. The zero-order chi connectivity index (χ0) is 19.2. The summed E-state index contributed by atoms with van der Waals surface area (Å²) in [6, 6.07) is 7.66. The van der Waals surface area contributed by atoms with E-state index in [1.54, 1.807) is 18.2 Å². The quantitative estimate of drug-likeness (QED) is 0.609. The topological polar surface area (TPSA) is 79.4 Å². The number of hydrogen-bond acceptors (Lipinski definition) is 6. The molecule has 0 radical (unpaired) electrons. The van der Waals surface area contributed by atoms with Gasteiger partial charge in [-0.2, -0.15) is 23.4 Å². The minimum absolute atomic E-state index is 0.302. The van der Waals surface area contributed by atoms with Gasteiger partial charge in [0.25, 0.3) is 5.56 Å². The number of alkyl halides is 3. The maximum atomic E-state index is 13.5. The predicted octanol–water partition coefficient (Wildman–Crippen LogP) is 3.02. The Morgan fingerprint density at radius 3 is 2.59 bits per heavy atom. The number of pyridine rings is 1. The molecule has 1 aromatic carbocycles. The highest BCUT2D eigenvalue weighted by Crippen LogP contribution is 2.40. The van der Waals surface area contributed by atoms with Crippen LogP contribution in [0.5, 0.6) is 0 Å². The molecule has 0 atom stereocenters. The van der Waals surface area contributed by atoms with Gasteiger partial charge in [0.1, 0.15) is 17.2 Å². The summed E-state index contributed by atoms with van der Waals surface area (Å²) in [4.78, 5) is 17.5. The van der Waals surface area contributed by atoms with Crippen molar-refractivity contribution in [3.8, 4) is 17.5 Å². The third-order valence-corrected chi connectivity index (χ3v) is 4.44. The lowest BCUT2D eigenvalue weighted by Crippen LogP contribution is -2.36. The van der Waals surface area contributed by atoms with Gasteiger partial charge in [0, 0.05) is 30.2 Å². The minimum Gasteiger partial charge on any atom is -0.438 e. The van der Waals surface area contributed by atoms with Crippen molar-refractivity contribution >= 4 is 16.7 Å². The molecular weight excluding hydrogens is 363 g/mol. The number of benzene rings is 1. The summed E-state index contributed by atoms with van der Waals surface area (Å²) in [7, 11) is 0. The van der Waals surface area contributed by atoms with Crippen LogP contribution in [0, 0.1) is 11.3 Å². The van der Waals surface area contributed by atoms with E-state index in [9.17, 15) is 18.0 Å². The van der Waals surface area contributed by atoms with Crippen molar-refractivity contribution in [2.45, 2.75) is 6.18 Å². The highest BCUT2D eigenvalue weighted by atomic mass is 19.4. The molecule has 1 fully saturated rings. The highest BCUT2D eigenvalue weighted by molar-refractivity contribution is 5.86. The van der Waals surface area contributed by atoms with Gasteiger partial charge in [-0.05, 0) is 18.2 Å². The number of nitriles is 1. The molecule has 3 aliphatic heterocycles. The number of rotatable bonds is 1. The Bertz CT molecular complexity index is 1100. The van der Waals surface area contributed by atoms with E-state index in [-0.39, 0.29) is 0 Å². The molecule has 0 amide bonds. The van der Waals surface area contributed by atoms with Crippen molar-refractivity contribution in [2.24, 2.45) is 0 Å². The number of fused-ring (bicyclic) bond motifs is 2. The number of halogens is 3. The monoisotopic (exact) mass is 375 g/mol. The predicted molar refractivity (Wildman–Crippen MR) is 89.7 cm³/mol. The summed E-state index contributed by atoms with van der Waals surface area (Å²) < 4.78 is 51.2. The number of anilines is 1. The molecule has 0 N–H and O–H groups in total. The molecule has 9 heteroatoms.